The summed E-state index contributed by atoms with van der Waals surface area (Å²) in [5.74, 6) is 0.151. The average Bonchev–Trinajstić information content (AvgIpc) is 2.83. The van der Waals surface area contributed by atoms with Gasteiger partial charge in [0.1, 0.15) is 11.8 Å². The van der Waals surface area contributed by atoms with Gasteiger partial charge in [-0.05, 0) is 71.1 Å². The Labute approximate surface area is 204 Å². The van der Waals surface area contributed by atoms with Gasteiger partial charge in [0.2, 0.25) is 11.8 Å². The summed E-state index contributed by atoms with van der Waals surface area (Å²) in [6.07, 6.45) is 7.72. The Balaban J connectivity index is 1.37. The van der Waals surface area contributed by atoms with Crippen molar-refractivity contribution in [1.29, 1.82) is 0 Å². The number of likely N-dealkylation sites (tertiary alicyclic amines) is 1. The largest absolute Gasteiger partial charge is 0.379 e. The predicted octanol–water partition coefficient (Wildman–Crippen LogP) is -0.195. The number of hydrogen-bond acceptors (Lipinski definition) is 6. The standard InChI is InChI=1S/C25H45N5O4/c1-15(2)30-22(26)17(14-18-23(30)28-21-7-5-6-12-29(21)25(18)32)24(31)27-11-10-16-8-9-19(33-3)20(13-16)34-4/h15-23,28H,5-14,26H2,1-4H3,(H,27,31)/p+1. The van der Waals surface area contributed by atoms with Crippen LogP contribution in [0.5, 0.6) is 0 Å². The Morgan fingerprint density at radius 3 is 2.65 bits per heavy atom. The molecule has 0 aromatic heterocycles. The Hall–Kier alpha value is -1.26. The minimum Gasteiger partial charge on any atom is -0.379 e. The van der Waals surface area contributed by atoms with Gasteiger partial charge in [0.15, 0.2) is 12.3 Å². The van der Waals surface area contributed by atoms with E-state index in [-0.39, 0.29) is 60.4 Å². The third-order valence-corrected chi connectivity index (χ3v) is 8.86. The van der Waals surface area contributed by atoms with E-state index in [2.05, 4.69) is 24.5 Å². The second-order valence-electron chi connectivity index (χ2n) is 11.1. The van der Waals surface area contributed by atoms with Crippen LogP contribution in [-0.4, -0.2) is 80.8 Å². The molecule has 0 aromatic carbocycles. The lowest BCUT2D eigenvalue weighted by Gasteiger charge is -2.53. The number of nitrogens with one attached hydrogen (secondary N) is 3. The van der Waals surface area contributed by atoms with Gasteiger partial charge >= 0.3 is 0 Å². The molecule has 3 heterocycles. The van der Waals surface area contributed by atoms with E-state index in [0.717, 1.165) is 56.4 Å². The van der Waals surface area contributed by atoms with Crippen LogP contribution in [0.15, 0.2) is 0 Å². The molecule has 3 aliphatic heterocycles. The first kappa shape index (κ1) is 25.8. The monoisotopic (exact) mass is 480 g/mol. The molecule has 9 nitrogen and oxygen atoms in total. The van der Waals surface area contributed by atoms with Crippen molar-refractivity contribution in [3.8, 4) is 0 Å². The number of hydrogen-bond donors (Lipinski definition) is 4. The van der Waals surface area contributed by atoms with E-state index in [1.807, 2.05) is 4.90 Å². The van der Waals surface area contributed by atoms with Crippen molar-refractivity contribution < 1.29 is 24.0 Å². The molecule has 9 unspecified atom stereocenters. The summed E-state index contributed by atoms with van der Waals surface area (Å²) in [7, 11) is 3.49. The smallest absolute Gasteiger partial charge is 0.234 e. The van der Waals surface area contributed by atoms with E-state index < -0.39 is 0 Å². The predicted molar refractivity (Wildman–Crippen MR) is 129 cm³/mol. The van der Waals surface area contributed by atoms with Crippen LogP contribution in [-0.2, 0) is 19.1 Å². The molecule has 34 heavy (non-hydrogen) atoms. The molecule has 3 saturated heterocycles. The van der Waals surface area contributed by atoms with Gasteiger partial charge in [-0.2, -0.15) is 0 Å². The van der Waals surface area contributed by atoms with Crippen molar-refractivity contribution in [2.45, 2.75) is 102 Å². The molecule has 9 atom stereocenters. The summed E-state index contributed by atoms with van der Waals surface area (Å²) in [5, 5.41) is 6.91. The first-order valence-electron chi connectivity index (χ1n) is 13.4. The Bertz CT molecular complexity index is 721. The second kappa shape index (κ2) is 11.2. The zero-order valence-electron chi connectivity index (χ0n) is 21.4. The molecule has 194 valence electrons. The highest BCUT2D eigenvalue weighted by Crippen LogP contribution is 2.31. The first-order chi connectivity index (χ1) is 16.3. The van der Waals surface area contributed by atoms with Crippen molar-refractivity contribution in [3.63, 3.8) is 0 Å². The molecule has 4 rings (SSSR count). The molecule has 2 amide bonds. The maximum atomic E-state index is 13.4. The molecule has 0 spiro atoms. The number of nitrogens with two attached hydrogens (primary N) is 1. The van der Waals surface area contributed by atoms with Crippen molar-refractivity contribution in [1.82, 2.24) is 15.5 Å². The zero-order valence-corrected chi connectivity index (χ0v) is 21.4. The number of carbonyl (C=O) groups excluding carboxylic acids is 2. The third-order valence-electron chi connectivity index (χ3n) is 8.86. The summed E-state index contributed by atoms with van der Waals surface area (Å²) in [4.78, 5) is 29.9. The topological polar surface area (TPSA) is 110 Å². The Morgan fingerprint density at radius 1 is 1.18 bits per heavy atom. The van der Waals surface area contributed by atoms with Gasteiger partial charge in [-0.15, -0.1) is 0 Å². The molecule has 0 aromatic rings. The van der Waals surface area contributed by atoms with Crippen LogP contribution in [0, 0.1) is 17.8 Å². The molecule has 1 aliphatic carbocycles. The highest BCUT2D eigenvalue weighted by atomic mass is 16.5. The second-order valence-corrected chi connectivity index (χ2v) is 11.1. The van der Waals surface area contributed by atoms with Gasteiger partial charge in [0.05, 0.1) is 24.4 Å². The van der Waals surface area contributed by atoms with Crippen LogP contribution in [0.4, 0.5) is 0 Å². The molecular weight excluding hydrogens is 434 g/mol. The van der Waals surface area contributed by atoms with E-state index >= 15 is 0 Å². The van der Waals surface area contributed by atoms with E-state index in [1.165, 1.54) is 0 Å². The Kier molecular flexibility index (Phi) is 8.51. The Morgan fingerprint density at radius 2 is 1.94 bits per heavy atom. The molecule has 0 bridgehead atoms. The summed E-state index contributed by atoms with van der Waals surface area (Å²) in [5.41, 5.74) is 6.73. The van der Waals surface area contributed by atoms with Crippen LogP contribution in [0.3, 0.4) is 0 Å². The van der Waals surface area contributed by atoms with Crippen LogP contribution >= 0.6 is 0 Å². The fourth-order valence-corrected chi connectivity index (χ4v) is 6.98. The lowest BCUT2D eigenvalue weighted by atomic mass is 9.79. The van der Waals surface area contributed by atoms with E-state index in [4.69, 9.17) is 15.2 Å². The maximum Gasteiger partial charge on any atom is 0.234 e. The number of quaternary nitrogens is 1. The van der Waals surface area contributed by atoms with Gasteiger partial charge in [-0.3, -0.25) is 15.3 Å². The highest BCUT2D eigenvalue weighted by Gasteiger charge is 2.55. The van der Waals surface area contributed by atoms with Crippen molar-refractivity contribution in [2.24, 2.45) is 23.5 Å². The van der Waals surface area contributed by atoms with E-state index in [9.17, 15) is 9.59 Å². The minimum absolute atomic E-state index is 0.00784. The van der Waals surface area contributed by atoms with Crippen LogP contribution in [0.2, 0.25) is 0 Å². The quantitative estimate of drug-likeness (QED) is 0.402. The fraction of sp³-hybridized carbons (Fsp3) is 0.920. The fourth-order valence-electron chi connectivity index (χ4n) is 6.98. The molecule has 0 radical (unpaired) electrons. The van der Waals surface area contributed by atoms with Crippen molar-refractivity contribution in [2.75, 3.05) is 27.3 Å². The zero-order chi connectivity index (χ0) is 24.4. The van der Waals surface area contributed by atoms with Crippen molar-refractivity contribution in [3.05, 3.63) is 0 Å². The number of amides is 2. The number of carbonyl (C=O) groups is 2. The number of fused-ring (bicyclic) bond motifs is 2. The molecule has 4 fully saturated rings. The molecular formula is C25H46N5O4+. The summed E-state index contributed by atoms with van der Waals surface area (Å²) < 4.78 is 11.2. The van der Waals surface area contributed by atoms with Gasteiger partial charge in [-0.1, -0.05) is 0 Å². The first-order valence-corrected chi connectivity index (χ1v) is 13.4. The average molecular weight is 481 g/mol. The lowest BCUT2D eigenvalue weighted by molar-refractivity contribution is -0.983. The maximum absolute atomic E-state index is 13.4. The van der Waals surface area contributed by atoms with Crippen LogP contribution < -0.4 is 21.3 Å². The van der Waals surface area contributed by atoms with E-state index in [0.29, 0.717) is 18.9 Å². The number of rotatable bonds is 7. The van der Waals surface area contributed by atoms with E-state index in [1.54, 1.807) is 14.2 Å². The molecule has 4 aliphatic rings. The van der Waals surface area contributed by atoms with Crippen LogP contribution in [0.1, 0.15) is 65.2 Å². The number of piperidine rings is 2. The van der Waals surface area contributed by atoms with Gasteiger partial charge in [0.25, 0.3) is 0 Å². The van der Waals surface area contributed by atoms with Gasteiger partial charge < -0.3 is 24.6 Å². The minimum atomic E-state index is -0.360. The van der Waals surface area contributed by atoms with Gasteiger partial charge in [0, 0.05) is 27.3 Å². The normalized spacial score (nSPS) is 40.6. The van der Waals surface area contributed by atoms with Crippen LogP contribution in [0.25, 0.3) is 0 Å². The SMILES string of the molecule is COC1CCC(CCNC(=O)C2CC3C(=O)N4CCCCC4NC3[NH+](C(C)C)C2N)CC1OC. The highest BCUT2D eigenvalue weighted by molar-refractivity contribution is 5.83. The lowest BCUT2D eigenvalue weighted by Crippen LogP contribution is -3.28. The third kappa shape index (κ3) is 5.14. The summed E-state index contributed by atoms with van der Waals surface area (Å²) >= 11 is 0. The number of ether oxygens (including phenoxy) is 2. The molecule has 9 heteroatoms. The number of methoxy groups -OCH3 is 2. The summed E-state index contributed by atoms with van der Waals surface area (Å²) in [6.45, 7) is 5.71. The van der Waals surface area contributed by atoms with Gasteiger partial charge in [-0.25, -0.2) is 5.32 Å². The number of nitrogens with zero attached hydrogens (tertiary/aromatic N) is 1. The molecule has 5 N–H and O–H groups in total. The molecule has 1 saturated carbocycles. The van der Waals surface area contributed by atoms with Crippen molar-refractivity contribution >= 4 is 11.8 Å². The summed E-state index contributed by atoms with van der Waals surface area (Å²) in [6, 6.07) is 0.218.